The van der Waals surface area contributed by atoms with Crippen LogP contribution in [0.2, 0.25) is 10.1 Å². The molecule has 2 saturated heterocycles. The Labute approximate surface area is 367 Å². The lowest BCUT2D eigenvalue weighted by molar-refractivity contribution is -0.144. The van der Waals surface area contributed by atoms with Gasteiger partial charge in [0.15, 0.2) is 0 Å². The van der Waals surface area contributed by atoms with Crippen molar-refractivity contribution in [3.05, 3.63) is 142 Å². The van der Waals surface area contributed by atoms with Gasteiger partial charge in [0.25, 0.3) is 8.32 Å². The normalized spacial score (nSPS) is 21.3. The fourth-order valence-corrected chi connectivity index (χ4v) is 15.1. The van der Waals surface area contributed by atoms with Crippen molar-refractivity contribution in [2.24, 2.45) is 17.8 Å². The molecule has 61 heavy (non-hydrogen) atoms. The molecule has 8 nitrogen and oxygen atoms in total. The number of rotatable bonds is 15. The topological polar surface area (TPSA) is 111 Å². The number of likely N-dealkylation sites (tertiary alicyclic amines) is 2. The first-order valence-corrected chi connectivity index (χ1v) is 24.2. The standard InChI is InChI=1S/C51H61ClN2O6Si/c1-5-35(29-37-22-23-40(56)31-45(37)52)21-24-46(57)47-38(34-60-61(51(2,3)4,41-17-11-7-12-18-41)42-19-13-8-14-20-42)30-43-48(44(47)33-55)50(59)54(49(43)58)39-25-27-53(28-26-39)32-36-15-9-6-10-16-36/h6-20,22-23,29,31,39,43-44,46,48,55-57H,5,21,24-28,30,32-34H2,1-4H3/b35-29+/t43-,44+,46-,48-/m1/s1. The summed E-state index contributed by atoms with van der Waals surface area (Å²) in [6.45, 7) is 10.9. The summed E-state index contributed by atoms with van der Waals surface area (Å²) in [5, 5.41) is 36.0. The van der Waals surface area contributed by atoms with Crippen molar-refractivity contribution in [1.29, 1.82) is 0 Å². The van der Waals surface area contributed by atoms with Crippen molar-refractivity contribution in [2.45, 2.75) is 89.9 Å². The van der Waals surface area contributed by atoms with E-state index in [2.05, 4.69) is 69.0 Å². The fraction of sp³-hybridized carbons (Fsp3) is 0.412. The van der Waals surface area contributed by atoms with Crippen LogP contribution in [0.25, 0.3) is 6.08 Å². The van der Waals surface area contributed by atoms with E-state index in [0.29, 0.717) is 42.7 Å². The Morgan fingerprint density at radius 3 is 2.07 bits per heavy atom. The average Bonchev–Trinajstić information content (AvgIpc) is 3.51. The summed E-state index contributed by atoms with van der Waals surface area (Å²) >= 11 is 6.48. The van der Waals surface area contributed by atoms with Gasteiger partial charge in [-0.05, 0) is 94.4 Å². The Balaban J connectivity index is 1.22. The van der Waals surface area contributed by atoms with Crippen LogP contribution in [0.4, 0.5) is 0 Å². The molecule has 4 aromatic carbocycles. The summed E-state index contributed by atoms with van der Waals surface area (Å²) in [6.07, 6.45) is 4.25. The Morgan fingerprint density at radius 1 is 0.902 bits per heavy atom. The molecule has 3 aliphatic rings. The molecule has 3 N–H and O–H groups in total. The molecule has 0 spiro atoms. The number of piperidine rings is 1. The van der Waals surface area contributed by atoms with Crippen LogP contribution in [0.1, 0.15) is 77.3 Å². The second-order valence-electron chi connectivity index (χ2n) is 18.1. The number of benzene rings is 4. The number of aromatic hydroxyl groups is 1. The summed E-state index contributed by atoms with van der Waals surface area (Å²) in [5.74, 6) is -2.47. The highest BCUT2D eigenvalue weighted by Crippen LogP contribution is 2.48. The molecule has 0 saturated carbocycles. The molecule has 7 rings (SSSR count). The van der Waals surface area contributed by atoms with Crippen molar-refractivity contribution >= 4 is 48.2 Å². The Morgan fingerprint density at radius 2 is 1.51 bits per heavy atom. The van der Waals surface area contributed by atoms with E-state index in [1.807, 2.05) is 60.7 Å². The third kappa shape index (κ3) is 9.38. The van der Waals surface area contributed by atoms with E-state index in [1.165, 1.54) is 16.5 Å². The number of phenols is 1. The van der Waals surface area contributed by atoms with E-state index in [9.17, 15) is 24.9 Å². The summed E-state index contributed by atoms with van der Waals surface area (Å²) in [7, 11) is -3.05. The molecule has 0 unspecified atom stereocenters. The van der Waals surface area contributed by atoms with Gasteiger partial charge in [0.2, 0.25) is 11.8 Å². The van der Waals surface area contributed by atoms with Gasteiger partial charge in [-0.2, -0.15) is 0 Å². The molecule has 0 bridgehead atoms. The monoisotopic (exact) mass is 860 g/mol. The molecule has 4 atom stereocenters. The van der Waals surface area contributed by atoms with Crippen LogP contribution in [0.5, 0.6) is 5.75 Å². The SMILES string of the molecule is CC/C(=C\c1ccc(O)cc1Cl)CC[C@@H](O)C1=C(CO[Si](c2ccccc2)(c2ccccc2)C(C)(C)C)C[C@H]2C(=O)N(C3CCN(Cc4ccccc4)CC3)C(=O)[C@H]2[C@H]1CO. The van der Waals surface area contributed by atoms with Crippen molar-refractivity contribution in [3.8, 4) is 5.75 Å². The number of hydrogen-bond donors (Lipinski definition) is 3. The zero-order valence-electron chi connectivity index (χ0n) is 36.0. The third-order valence-electron chi connectivity index (χ3n) is 13.4. The maximum Gasteiger partial charge on any atom is 0.261 e. The number of amides is 2. The highest BCUT2D eigenvalue weighted by Gasteiger charge is 2.57. The molecule has 10 heteroatoms. The lowest BCUT2D eigenvalue weighted by Crippen LogP contribution is -2.66. The van der Waals surface area contributed by atoms with Crippen LogP contribution >= 0.6 is 11.6 Å². The second kappa shape index (κ2) is 19.4. The molecular weight excluding hydrogens is 800 g/mol. The molecule has 2 aliphatic heterocycles. The van der Waals surface area contributed by atoms with Gasteiger partial charge in [-0.15, -0.1) is 0 Å². The van der Waals surface area contributed by atoms with Crippen molar-refractivity contribution in [3.63, 3.8) is 0 Å². The van der Waals surface area contributed by atoms with E-state index in [1.54, 1.807) is 12.1 Å². The molecule has 322 valence electrons. The number of carbonyl (C=O) groups is 2. The second-order valence-corrected chi connectivity index (χ2v) is 22.8. The Kier molecular flexibility index (Phi) is 14.2. The number of nitrogens with zero attached hydrogens (tertiary/aromatic N) is 2. The van der Waals surface area contributed by atoms with Crippen molar-refractivity contribution in [2.75, 3.05) is 26.3 Å². The largest absolute Gasteiger partial charge is 0.508 e. The van der Waals surface area contributed by atoms with Gasteiger partial charge in [-0.1, -0.05) is 142 Å². The molecule has 2 fully saturated rings. The van der Waals surface area contributed by atoms with Gasteiger partial charge >= 0.3 is 0 Å². The van der Waals surface area contributed by atoms with E-state index >= 15 is 0 Å². The summed E-state index contributed by atoms with van der Waals surface area (Å²) in [5.41, 5.74) is 4.50. The van der Waals surface area contributed by atoms with Gasteiger partial charge in [0, 0.05) is 31.6 Å². The first-order valence-electron chi connectivity index (χ1n) is 21.9. The fourth-order valence-electron chi connectivity index (χ4n) is 10.3. The molecule has 2 amide bonds. The average molecular weight is 862 g/mol. The summed E-state index contributed by atoms with van der Waals surface area (Å²) in [6, 6.07) is 35.8. The van der Waals surface area contributed by atoms with Crippen LogP contribution in [-0.4, -0.2) is 83.7 Å². The zero-order valence-corrected chi connectivity index (χ0v) is 37.7. The number of hydrogen-bond acceptors (Lipinski definition) is 7. The summed E-state index contributed by atoms with van der Waals surface area (Å²) < 4.78 is 7.47. The number of imide groups is 1. The third-order valence-corrected chi connectivity index (χ3v) is 18.7. The number of halogens is 1. The highest BCUT2D eigenvalue weighted by atomic mass is 35.5. The molecule has 0 radical (unpaired) electrons. The highest BCUT2D eigenvalue weighted by molar-refractivity contribution is 6.99. The van der Waals surface area contributed by atoms with Gasteiger partial charge < -0.3 is 19.7 Å². The molecular formula is C51H61ClN2O6Si. The lowest BCUT2D eigenvalue weighted by Gasteiger charge is -2.44. The Hall–Kier alpha value is -4.35. The maximum absolute atomic E-state index is 14.7. The van der Waals surface area contributed by atoms with E-state index < -0.39 is 32.2 Å². The van der Waals surface area contributed by atoms with E-state index in [4.69, 9.17) is 16.0 Å². The number of phenolic OH excluding ortho intramolecular Hbond substituents is 1. The van der Waals surface area contributed by atoms with E-state index in [-0.39, 0.29) is 48.3 Å². The minimum absolute atomic E-state index is 0.0908. The number of aliphatic hydroxyl groups is 2. The molecule has 1 aliphatic carbocycles. The zero-order chi connectivity index (χ0) is 43.3. The smallest absolute Gasteiger partial charge is 0.261 e. The van der Waals surface area contributed by atoms with Crippen LogP contribution in [0, 0.1) is 17.8 Å². The van der Waals surface area contributed by atoms with Crippen LogP contribution < -0.4 is 10.4 Å². The predicted octanol–water partition coefficient (Wildman–Crippen LogP) is 8.13. The number of fused-ring (bicyclic) bond motifs is 1. The predicted molar refractivity (Wildman–Crippen MR) is 246 cm³/mol. The van der Waals surface area contributed by atoms with Crippen molar-refractivity contribution < 1.29 is 29.3 Å². The van der Waals surface area contributed by atoms with Crippen LogP contribution in [-0.2, 0) is 20.6 Å². The lowest BCUT2D eigenvalue weighted by atomic mass is 9.68. The maximum atomic E-state index is 14.7. The first-order chi connectivity index (χ1) is 29.4. The van der Waals surface area contributed by atoms with Crippen molar-refractivity contribution in [1.82, 2.24) is 9.80 Å². The molecule has 0 aromatic heterocycles. The van der Waals surface area contributed by atoms with Crippen LogP contribution in [0.3, 0.4) is 0 Å². The Bertz CT molecular complexity index is 2160. The van der Waals surface area contributed by atoms with Gasteiger partial charge in [0.05, 0.1) is 36.2 Å². The molecule has 2 heterocycles. The number of allylic oxidation sites excluding steroid dienone is 1. The minimum atomic E-state index is -3.05. The number of aliphatic hydroxyl groups excluding tert-OH is 2. The van der Waals surface area contributed by atoms with E-state index in [0.717, 1.165) is 46.7 Å². The van der Waals surface area contributed by atoms with Gasteiger partial charge in [0.1, 0.15) is 5.75 Å². The van der Waals surface area contributed by atoms with Gasteiger partial charge in [-0.3, -0.25) is 19.4 Å². The first kappa shape index (κ1) is 44.7. The van der Waals surface area contributed by atoms with Crippen LogP contribution in [0.15, 0.2) is 126 Å². The quantitative estimate of drug-likeness (QED) is 0.0630. The number of carbonyl (C=O) groups excluding carboxylic acids is 2. The summed E-state index contributed by atoms with van der Waals surface area (Å²) in [4.78, 5) is 33.2. The minimum Gasteiger partial charge on any atom is -0.508 e. The molecule has 4 aromatic rings. The van der Waals surface area contributed by atoms with Gasteiger partial charge in [-0.25, -0.2) is 0 Å².